The molecule has 23 heavy (non-hydrogen) atoms. The Kier molecular flexibility index (Phi) is 4.10. The van der Waals surface area contributed by atoms with Crippen molar-refractivity contribution in [2.24, 2.45) is 0 Å². The van der Waals surface area contributed by atoms with Gasteiger partial charge >= 0.3 is 5.97 Å². The number of aromatic carboxylic acids is 1. The fourth-order valence-corrected chi connectivity index (χ4v) is 2.35. The maximum Gasteiger partial charge on any atom is 0.356 e. The van der Waals surface area contributed by atoms with Gasteiger partial charge in [-0.2, -0.15) is 5.10 Å². The molecule has 3 aromatic rings. The van der Waals surface area contributed by atoms with Crippen molar-refractivity contribution in [3.63, 3.8) is 0 Å². The van der Waals surface area contributed by atoms with E-state index < -0.39 is 5.97 Å². The van der Waals surface area contributed by atoms with Crippen LogP contribution in [0.2, 0.25) is 0 Å². The Labute approximate surface area is 133 Å². The average Bonchev–Trinajstić information content (AvgIpc) is 3.02. The lowest BCUT2D eigenvalue weighted by Gasteiger charge is -2.09. The van der Waals surface area contributed by atoms with E-state index >= 15 is 0 Å². The molecule has 5 heteroatoms. The molecule has 0 saturated carbocycles. The summed E-state index contributed by atoms with van der Waals surface area (Å²) in [7, 11) is 0. The zero-order chi connectivity index (χ0) is 16.2. The Morgan fingerprint density at radius 3 is 2.43 bits per heavy atom. The third-order valence-corrected chi connectivity index (χ3v) is 3.39. The Hall–Kier alpha value is -3.08. The number of rotatable bonds is 5. The number of hydrogen-bond acceptors (Lipinski definition) is 3. The van der Waals surface area contributed by atoms with Gasteiger partial charge in [-0.25, -0.2) is 9.48 Å². The lowest BCUT2D eigenvalue weighted by atomic mass is 10.1. The summed E-state index contributed by atoms with van der Waals surface area (Å²) in [6.07, 6.45) is 0. The predicted octanol–water partition coefficient (Wildman–Crippen LogP) is 3.64. The molecule has 1 aromatic heterocycles. The second-order valence-electron chi connectivity index (χ2n) is 4.92. The van der Waals surface area contributed by atoms with Crippen LogP contribution in [0, 0.1) is 0 Å². The third-order valence-electron chi connectivity index (χ3n) is 3.39. The van der Waals surface area contributed by atoms with Crippen LogP contribution in [-0.4, -0.2) is 27.5 Å². The van der Waals surface area contributed by atoms with Crippen molar-refractivity contribution in [1.82, 2.24) is 9.78 Å². The highest BCUT2D eigenvalue weighted by molar-refractivity contribution is 5.87. The number of benzene rings is 2. The minimum Gasteiger partial charge on any atom is -0.494 e. The molecule has 1 heterocycles. The van der Waals surface area contributed by atoms with Crippen LogP contribution in [0.1, 0.15) is 17.4 Å². The Morgan fingerprint density at radius 1 is 1.13 bits per heavy atom. The van der Waals surface area contributed by atoms with Gasteiger partial charge in [-0.05, 0) is 37.3 Å². The number of ether oxygens (including phenoxy) is 1. The van der Waals surface area contributed by atoms with Crippen molar-refractivity contribution < 1.29 is 14.6 Å². The quantitative estimate of drug-likeness (QED) is 0.781. The molecule has 116 valence electrons. The molecule has 0 unspecified atom stereocenters. The van der Waals surface area contributed by atoms with Gasteiger partial charge in [0.1, 0.15) is 5.75 Å². The van der Waals surface area contributed by atoms with Crippen molar-refractivity contribution in [1.29, 1.82) is 0 Å². The monoisotopic (exact) mass is 308 g/mol. The van der Waals surface area contributed by atoms with Gasteiger partial charge in [-0.3, -0.25) is 0 Å². The van der Waals surface area contributed by atoms with E-state index in [0.29, 0.717) is 6.61 Å². The molecule has 1 N–H and O–H groups in total. The summed E-state index contributed by atoms with van der Waals surface area (Å²) >= 11 is 0. The van der Waals surface area contributed by atoms with Crippen molar-refractivity contribution in [2.45, 2.75) is 6.92 Å². The van der Waals surface area contributed by atoms with E-state index in [1.165, 1.54) is 0 Å². The second kappa shape index (κ2) is 6.36. The second-order valence-corrected chi connectivity index (χ2v) is 4.92. The van der Waals surface area contributed by atoms with Gasteiger partial charge in [0, 0.05) is 5.56 Å². The van der Waals surface area contributed by atoms with Crippen molar-refractivity contribution in [3.8, 4) is 22.7 Å². The van der Waals surface area contributed by atoms with E-state index in [2.05, 4.69) is 5.10 Å². The molecule has 0 radical (unpaired) electrons. The summed E-state index contributed by atoms with van der Waals surface area (Å²) in [5.74, 6) is -0.282. The highest BCUT2D eigenvalue weighted by atomic mass is 16.5. The van der Waals surface area contributed by atoms with Gasteiger partial charge in [0.2, 0.25) is 0 Å². The van der Waals surface area contributed by atoms with E-state index in [4.69, 9.17) is 4.74 Å². The van der Waals surface area contributed by atoms with Gasteiger partial charge in [-0.1, -0.05) is 30.3 Å². The van der Waals surface area contributed by atoms with Crippen molar-refractivity contribution in [3.05, 3.63) is 66.4 Å². The smallest absolute Gasteiger partial charge is 0.356 e. The molecule has 2 aromatic carbocycles. The Bertz CT molecular complexity index is 808. The van der Waals surface area contributed by atoms with E-state index in [9.17, 15) is 9.90 Å². The zero-order valence-electron chi connectivity index (χ0n) is 12.6. The minimum atomic E-state index is -1.05. The number of hydrogen-bond donors (Lipinski definition) is 1. The number of nitrogens with zero attached hydrogens (tertiary/aromatic N) is 2. The van der Waals surface area contributed by atoms with Gasteiger partial charge < -0.3 is 9.84 Å². The fraction of sp³-hybridized carbons (Fsp3) is 0.111. The summed E-state index contributed by atoms with van der Waals surface area (Å²) < 4.78 is 7.06. The number of aromatic nitrogens is 2. The molecule has 0 aliphatic carbocycles. The van der Waals surface area contributed by atoms with E-state index in [1.54, 1.807) is 10.7 Å². The maximum absolute atomic E-state index is 11.3. The summed E-state index contributed by atoms with van der Waals surface area (Å²) in [4.78, 5) is 11.3. The fourth-order valence-electron chi connectivity index (χ4n) is 2.35. The largest absolute Gasteiger partial charge is 0.494 e. The van der Waals surface area contributed by atoms with Crippen LogP contribution < -0.4 is 4.74 Å². The molecule has 0 atom stereocenters. The molecule has 0 amide bonds. The number of carboxylic acid groups (broad SMARTS) is 1. The van der Waals surface area contributed by atoms with Crippen LogP contribution in [0.4, 0.5) is 0 Å². The van der Waals surface area contributed by atoms with Gasteiger partial charge in [-0.15, -0.1) is 0 Å². The Balaban J connectivity index is 2.08. The molecular formula is C18H16N2O3. The number of carbonyl (C=O) groups is 1. The molecule has 0 fully saturated rings. The van der Waals surface area contributed by atoms with E-state index in [0.717, 1.165) is 22.7 Å². The highest BCUT2D eigenvalue weighted by Crippen LogP contribution is 2.25. The van der Waals surface area contributed by atoms with Crippen LogP contribution >= 0.6 is 0 Å². The van der Waals surface area contributed by atoms with Crippen LogP contribution in [0.15, 0.2) is 60.7 Å². The molecule has 0 aliphatic heterocycles. The molecule has 0 aliphatic rings. The summed E-state index contributed by atoms with van der Waals surface area (Å²) in [6.45, 7) is 2.52. The first kappa shape index (κ1) is 14.8. The van der Waals surface area contributed by atoms with Gasteiger partial charge in [0.25, 0.3) is 0 Å². The first-order chi connectivity index (χ1) is 11.2. The first-order valence-electron chi connectivity index (χ1n) is 7.31. The van der Waals surface area contributed by atoms with Crippen LogP contribution in [-0.2, 0) is 0 Å². The molecule has 3 rings (SSSR count). The Morgan fingerprint density at radius 2 is 1.83 bits per heavy atom. The van der Waals surface area contributed by atoms with E-state index in [-0.39, 0.29) is 5.69 Å². The van der Waals surface area contributed by atoms with Crippen molar-refractivity contribution >= 4 is 5.97 Å². The van der Waals surface area contributed by atoms with E-state index in [1.807, 2.05) is 61.5 Å². The highest BCUT2D eigenvalue weighted by Gasteiger charge is 2.15. The predicted molar refractivity (Wildman–Crippen MR) is 87.1 cm³/mol. The summed E-state index contributed by atoms with van der Waals surface area (Å²) in [5, 5.41) is 13.4. The lowest BCUT2D eigenvalue weighted by Crippen LogP contribution is -2.02. The molecule has 0 saturated heterocycles. The lowest BCUT2D eigenvalue weighted by molar-refractivity contribution is 0.0690. The van der Waals surface area contributed by atoms with Crippen molar-refractivity contribution in [2.75, 3.05) is 6.61 Å². The normalized spacial score (nSPS) is 10.5. The third kappa shape index (κ3) is 3.08. The van der Waals surface area contributed by atoms with Crippen LogP contribution in [0.5, 0.6) is 5.75 Å². The number of carboxylic acids is 1. The topological polar surface area (TPSA) is 64.4 Å². The molecule has 0 spiro atoms. The van der Waals surface area contributed by atoms with Gasteiger partial charge in [0.15, 0.2) is 5.69 Å². The molecule has 5 nitrogen and oxygen atoms in total. The SMILES string of the molecule is CCOc1ccc(-n2nc(C(=O)O)cc2-c2ccccc2)cc1. The molecule has 0 bridgehead atoms. The first-order valence-corrected chi connectivity index (χ1v) is 7.31. The van der Waals surface area contributed by atoms with Crippen LogP contribution in [0.25, 0.3) is 16.9 Å². The zero-order valence-corrected chi connectivity index (χ0v) is 12.6. The molecular weight excluding hydrogens is 292 g/mol. The maximum atomic E-state index is 11.3. The summed E-state index contributed by atoms with van der Waals surface area (Å²) in [6, 6.07) is 18.6. The summed E-state index contributed by atoms with van der Waals surface area (Å²) in [5.41, 5.74) is 2.42. The standard InChI is InChI=1S/C18H16N2O3/c1-2-23-15-10-8-14(9-11-15)20-17(12-16(19-20)18(21)22)13-6-4-3-5-7-13/h3-12H,2H2,1H3,(H,21,22). The van der Waals surface area contributed by atoms with Gasteiger partial charge in [0.05, 0.1) is 18.0 Å². The average molecular weight is 308 g/mol. The van der Waals surface area contributed by atoms with Crippen LogP contribution in [0.3, 0.4) is 0 Å². The minimum absolute atomic E-state index is 0.0118.